The Labute approximate surface area is 144 Å². The van der Waals surface area contributed by atoms with Gasteiger partial charge < -0.3 is 14.5 Å². The molecule has 2 heterocycles. The molecule has 126 valence electrons. The maximum atomic E-state index is 12.9. The summed E-state index contributed by atoms with van der Waals surface area (Å²) >= 11 is 0. The molecule has 0 aliphatic carbocycles. The van der Waals surface area contributed by atoms with Crippen molar-refractivity contribution in [1.82, 2.24) is 5.32 Å². The number of amides is 1. The molecular weight excluding hydrogens is 318 g/mol. The van der Waals surface area contributed by atoms with Crippen molar-refractivity contribution in [2.45, 2.75) is 19.4 Å². The summed E-state index contributed by atoms with van der Waals surface area (Å²) < 4.78 is 11.3. The Balaban J connectivity index is 1.79. The normalized spacial score (nSPS) is 15.9. The second-order valence-corrected chi connectivity index (χ2v) is 5.99. The van der Waals surface area contributed by atoms with Gasteiger partial charge in [-0.3, -0.25) is 9.59 Å². The van der Waals surface area contributed by atoms with Crippen LogP contribution in [0, 0.1) is 0 Å². The van der Waals surface area contributed by atoms with Gasteiger partial charge in [0.1, 0.15) is 11.3 Å². The SMILES string of the molecule is CCCOc1ccc(C2NC(=O)c3oc4ccccc4c(=O)c32)cc1. The van der Waals surface area contributed by atoms with Crippen LogP contribution in [0.1, 0.15) is 41.1 Å². The van der Waals surface area contributed by atoms with Crippen LogP contribution in [-0.4, -0.2) is 12.5 Å². The van der Waals surface area contributed by atoms with Gasteiger partial charge in [-0.05, 0) is 36.2 Å². The zero-order valence-electron chi connectivity index (χ0n) is 13.7. The lowest BCUT2D eigenvalue weighted by Crippen LogP contribution is -2.21. The second-order valence-electron chi connectivity index (χ2n) is 5.99. The van der Waals surface area contributed by atoms with Gasteiger partial charge in [0, 0.05) is 0 Å². The second kappa shape index (κ2) is 6.09. The number of hydrogen-bond acceptors (Lipinski definition) is 4. The average molecular weight is 335 g/mol. The van der Waals surface area contributed by atoms with Crippen LogP contribution in [0.25, 0.3) is 11.0 Å². The van der Waals surface area contributed by atoms with Crippen LogP contribution in [0.15, 0.2) is 57.7 Å². The molecule has 0 fully saturated rings. The zero-order chi connectivity index (χ0) is 17.4. The summed E-state index contributed by atoms with van der Waals surface area (Å²) in [7, 11) is 0. The molecule has 1 amide bonds. The van der Waals surface area contributed by atoms with E-state index in [2.05, 4.69) is 5.32 Å². The fraction of sp³-hybridized carbons (Fsp3) is 0.200. The molecule has 1 N–H and O–H groups in total. The van der Waals surface area contributed by atoms with E-state index in [1.165, 1.54) is 0 Å². The van der Waals surface area contributed by atoms with Crippen LogP contribution in [0.2, 0.25) is 0 Å². The average Bonchev–Trinajstić information content (AvgIpc) is 2.98. The van der Waals surface area contributed by atoms with Gasteiger partial charge in [-0.1, -0.05) is 31.2 Å². The molecule has 4 rings (SSSR count). The molecule has 5 nitrogen and oxygen atoms in total. The van der Waals surface area contributed by atoms with Crippen molar-refractivity contribution in [1.29, 1.82) is 0 Å². The standard InChI is InChI=1S/C20H17NO4/c1-2-11-24-13-9-7-12(8-10-13)17-16-18(22)14-5-3-4-6-15(14)25-19(16)20(23)21-17/h3-10,17H,2,11H2,1H3,(H,21,23). The van der Waals surface area contributed by atoms with Gasteiger partial charge in [-0.2, -0.15) is 0 Å². The summed E-state index contributed by atoms with van der Waals surface area (Å²) in [4.78, 5) is 25.2. The van der Waals surface area contributed by atoms with Crippen molar-refractivity contribution in [3.63, 3.8) is 0 Å². The number of carbonyl (C=O) groups is 1. The van der Waals surface area contributed by atoms with Gasteiger partial charge in [0.25, 0.3) is 5.91 Å². The minimum atomic E-state index is -0.511. The number of ether oxygens (including phenoxy) is 1. The molecule has 0 bridgehead atoms. The number of rotatable bonds is 4. The lowest BCUT2D eigenvalue weighted by Gasteiger charge is -2.12. The molecule has 1 unspecified atom stereocenters. The van der Waals surface area contributed by atoms with Gasteiger partial charge in [-0.15, -0.1) is 0 Å². The van der Waals surface area contributed by atoms with E-state index in [0.29, 0.717) is 23.1 Å². The smallest absolute Gasteiger partial charge is 0.288 e. The number of benzene rings is 2. The first-order valence-electron chi connectivity index (χ1n) is 8.28. The number of hydrogen-bond donors (Lipinski definition) is 1. The summed E-state index contributed by atoms with van der Waals surface area (Å²) in [5, 5.41) is 3.32. The van der Waals surface area contributed by atoms with Crippen LogP contribution in [-0.2, 0) is 0 Å². The van der Waals surface area contributed by atoms with E-state index in [0.717, 1.165) is 17.7 Å². The summed E-state index contributed by atoms with van der Waals surface area (Å²) in [5.41, 5.74) is 1.43. The first kappa shape index (κ1) is 15.4. The van der Waals surface area contributed by atoms with Crippen molar-refractivity contribution in [3.05, 3.63) is 75.6 Å². The Morgan fingerprint density at radius 1 is 1.08 bits per heavy atom. The maximum absolute atomic E-state index is 12.9. The molecule has 25 heavy (non-hydrogen) atoms. The number of fused-ring (bicyclic) bond motifs is 2. The fourth-order valence-electron chi connectivity index (χ4n) is 3.08. The summed E-state index contributed by atoms with van der Waals surface area (Å²) in [6, 6.07) is 13.9. The fourth-order valence-corrected chi connectivity index (χ4v) is 3.08. The van der Waals surface area contributed by atoms with Gasteiger partial charge in [0.05, 0.1) is 23.6 Å². The van der Waals surface area contributed by atoms with E-state index in [9.17, 15) is 9.59 Å². The highest BCUT2D eigenvalue weighted by atomic mass is 16.5. The number of carbonyl (C=O) groups excluding carboxylic acids is 1. The van der Waals surface area contributed by atoms with Crippen LogP contribution in [0.4, 0.5) is 0 Å². The molecule has 2 aromatic carbocycles. The number of nitrogens with one attached hydrogen (secondary N) is 1. The van der Waals surface area contributed by atoms with Crippen molar-refractivity contribution in [2.75, 3.05) is 6.61 Å². The predicted molar refractivity (Wildman–Crippen MR) is 94.0 cm³/mol. The first-order valence-corrected chi connectivity index (χ1v) is 8.28. The van der Waals surface area contributed by atoms with Crippen LogP contribution in [0.3, 0.4) is 0 Å². The molecule has 3 aromatic rings. The molecule has 1 aliphatic heterocycles. The highest BCUT2D eigenvalue weighted by Gasteiger charge is 2.35. The quantitative estimate of drug-likeness (QED) is 0.793. The van der Waals surface area contributed by atoms with Crippen molar-refractivity contribution < 1.29 is 13.9 Å². The Morgan fingerprint density at radius 3 is 2.60 bits per heavy atom. The van der Waals surface area contributed by atoms with E-state index in [-0.39, 0.29) is 17.1 Å². The molecule has 1 atom stereocenters. The van der Waals surface area contributed by atoms with Gasteiger partial charge in [-0.25, -0.2) is 0 Å². The van der Waals surface area contributed by atoms with Crippen molar-refractivity contribution in [2.24, 2.45) is 0 Å². The highest BCUT2D eigenvalue weighted by Crippen LogP contribution is 2.31. The molecular formula is C20H17NO4. The highest BCUT2D eigenvalue weighted by molar-refractivity contribution is 5.98. The maximum Gasteiger partial charge on any atom is 0.288 e. The van der Waals surface area contributed by atoms with Gasteiger partial charge in [0.15, 0.2) is 5.43 Å². The Morgan fingerprint density at radius 2 is 1.84 bits per heavy atom. The predicted octanol–water partition coefficient (Wildman–Crippen LogP) is 3.41. The topological polar surface area (TPSA) is 68.5 Å². The van der Waals surface area contributed by atoms with Crippen LogP contribution >= 0.6 is 0 Å². The molecule has 0 spiro atoms. The summed E-state index contributed by atoms with van der Waals surface area (Å²) in [5.74, 6) is 0.495. The molecule has 0 saturated carbocycles. The molecule has 1 aromatic heterocycles. The van der Waals surface area contributed by atoms with E-state index in [1.54, 1.807) is 24.3 Å². The van der Waals surface area contributed by atoms with E-state index >= 15 is 0 Å². The molecule has 1 aliphatic rings. The third kappa shape index (κ3) is 2.58. The van der Waals surface area contributed by atoms with Gasteiger partial charge in [0.2, 0.25) is 5.76 Å². The van der Waals surface area contributed by atoms with E-state index in [4.69, 9.17) is 9.15 Å². The minimum Gasteiger partial charge on any atom is -0.494 e. The third-order valence-electron chi connectivity index (χ3n) is 4.29. The Bertz CT molecular complexity index is 1000. The zero-order valence-corrected chi connectivity index (χ0v) is 13.7. The molecule has 5 heteroatoms. The monoisotopic (exact) mass is 335 g/mol. The summed E-state index contributed by atoms with van der Waals surface area (Å²) in [6.07, 6.45) is 0.932. The minimum absolute atomic E-state index is 0.0972. The van der Waals surface area contributed by atoms with E-state index in [1.807, 2.05) is 31.2 Å². The first-order chi connectivity index (χ1) is 12.2. The van der Waals surface area contributed by atoms with E-state index < -0.39 is 6.04 Å². The molecule has 0 radical (unpaired) electrons. The molecule has 0 saturated heterocycles. The van der Waals surface area contributed by atoms with Crippen molar-refractivity contribution in [3.8, 4) is 5.75 Å². The Kier molecular flexibility index (Phi) is 3.76. The third-order valence-corrected chi connectivity index (χ3v) is 4.29. The lowest BCUT2D eigenvalue weighted by molar-refractivity contribution is 0.0938. The van der Waals surface area contributed by atoms with Crippen LogP contribution in [0.5, 0.6) is 5.75 Å². The van der Waals surface area contributed by atoms with Crippen LogP contribution < -0.4 is 15.5 Å². The lowest BCUT2D eigenvalue weighted by atomic mass is 9.99. The largest absolute Gasteiger partial charge is 0.494 e. The van der Waals surface area contributed by atoms with Gasteiger partial charge >= 0.3 is 0 Å². The number of para-hydroxylation sites is 1. The Hall–Kier alpha value is -3.08. The summed E-state index contributed by atoms with van der Waals surface area (Å²) in [6.45, 7) is 2.70. The van der Waals surface area contributed by atoms with Crippen molar-refractivity contribution >= 4 is 16.9 Å².